The van der Waals surface area contributed by atoms with Crippen molar-refractivity contribution >= 4 is 11.6 Å². The zero-order chi connectivity index (χ0) is 20.5. The fourth-order valence-electron chi connectivity index (χ4n) is 2.41. The molecule has 3 aromatic rings. The lowest BCUT2D eigenvalue weighted by molar-refractivity contribution is -0.137. The van der Waals surface area contributed by atoms with Crippen LogP contribution in [-0.4, -0.2) is 0 Å². The molecule has 0 fully saturated rings. The standard InChI is InChI=1S/C20H12ClF5O2/c1-11-6-12(20(24,25)26)2-4-18(11)28-19-5-3-15(10-17(19)21)27-16-8-13(22)7-14(23)9-16/h2-10H,1H3. The van der Waals surface area contributed by atoms with Crippen LogP contribution in [0.25, 0.3) is 0 Å². The number of ether oxygens (including phenoxy) is 2. The Bertz CT molecular complexity index is 998. The van der Waals surface area contributed by atoms with Crippen LogP contribution in [0, 0.1) is 18.6 Å². The van der Waals surface area contributed by atoms with E-state index in [4.69, 9.17) is 21.1 Å². The highest BCUT2D eigenvalue weighted by Gasteiger charge is 2.30. The van der Waals surface area contributed by atoms with Crippen molar-refractivity contribution in [2.75, 3.05) is 0 Å². The van der Waals surface area contributed by atoms with E-state index in [2.05, 4.69) is 0 Å². The zero-order valence-corrected chi connectivity index (χ0v) is 15.0. The van der Waals surface area contributed by atoms with Gasteiger partial charge < -0.3 is 9.47 Å². The summed E-state index contributed by atoms with van der Waals surface area (Å²) in [6.45, 7) is 1.48. The van der Waals surface area contributed by atoms with Gasteiger partial charge in [0.15, 0.2) is 0 Å². The first-order valence-corrected chi connectivity index (χ1v) is 8.29. The van der Waals surface area contributed by atoms with E-state index < -0.39 is 23.4 Å². The smallest absolute Gasteiger partial charge is 0.416 e. The van der Waals surface area contributed by atoms with Gasteiger partial charge in [-0.2, -0.15) is 13.2 Å². The molecule has 0 unspecified atom stereocenters. The van der Waals surface area contributed by atoms with Crippen molar-refractivity contribution in [3.8, 4) is 23.0 Å². The van der Waals surface area contributed by atoms with E-state index in [1.54, 1.807) is 0 Å². The third-order valence-corrected chi connectivity index (χ3v) is 3.99. The van der Waals surface area contributed by atoms with Gasteiger partial charge in [-0.3, -0.25) is 0 Å². The first-order chi connectivity index (χ1) is 13.1. The quantitative estimate of drug-likeness (QED) is 0.411. The van der Waals surface area contributed by atoms with Crippen molar-refractivity contribution in [2.45, 2.75) is 13.1 Å². The molecule has 2 nitrogen and oxygen atoms in total. The van der Waals surface area contributed by atoms with Gasteiger partial charge in [0.2, 0.25) is 0 Å². The molecule has 0 aliphatic rings. The number of alkyl halides is 3. The fourth-order valence-corrected chi connectivity index (χ4v) is 2.62. The Kier molecular flexibility index (Phi) is 5.47. The number of hydrogen-bond acceptors (Lipinski definition) is 2. The van der Waals surface area contributed by atoms with Crippen LogP contribution in [0.5, 0.6) is 23.0 Å². The Balaban J connectivity index is 1.79. The van der Waals surface area contributed by atoms with Crippen molar-refractivity contribution in [2.24, 2.45) is 0 Å². The maximum atomic E-state index is 13.2. The third-order valence-electron chi connectivity index (χ3n) is 3.70. The summed E-state index contributed by atoms with van der Waals surface area (Å²) in [5.41, 5.74) is -0.504. The molecule has 146 valence electrons. The van der Waals surface area contributed by atoms with Crippen molar-refractivity contribution in [1.29, 1.82) is 0 Å². The van der Waals surface area contributed by atoms with Gasteiger partial charge in [-0.25, -0.2) is 8.78 Å². The summed E-state index contributed by atoms with van der Waals surface area (Å²) in [5.74, 6) is -1.05. The van der Waals surface area contributed by atoms with Gasteiger partial charge in [0.05, 0.1) is 10.6 Å². The molecule has 0 aliphatic carbocycles. The Morgan fingerprint density at radius 1 is 0.750 bits per heavy atom. The van der Waals surface area contributed by atoms with E-state index in [0.717, 1.165) is 24.3 Å². The van der Waals surface area contributed by atoms with Crippen LogP contribution in [0.15, 0.2) is 54.6 Å². The van der Waals surface area contributed by atoms with Crippen LogP contribution < -0.4 is 9.47 Å². The maximum Gasteiger partial charge on any atom is 0.416 e. The minimum atomic E-state index is -4.45. The molecule has 0 aliphatic heterocycles. The van der Waals surface area contributed by atoms with Gasteiger partial charge in [-0.05, 0) is 42.8 Å². The second-order valence-electron chi connectivity index (χ2n) is 5.88. The molecule has 0 amide bonds. The molecule has 3 rings (SSSR count). The molecule has 0 spiro atoms. The predicted molar refractivity (Wildman–Crippen MR) is 94.1 cm³/mol. The lowest BCUT2D eigenvalue weighted by atomic mass is 10.1. The number of rotatable bonds is 4. The van der Waals surface area contributed by atoms with Gasteiger partial charge in [-0.15, -0.1) is 0 Å². The first-order valence-electron chi connectivity index (χ1n) is 7.91. The molecule has 0 radical (unpaired) electrons. The highest BCUT2D eigenvalue weighted by atomic mass is 35.5. The SMILES string of the molecule is Cc1cc(C(F)(F)F)ccc1Oc1ccc(Oc2cc(F)cc(F)c2)cc1Cl. The molecule has 0 N–H and O–H groups in total. The summed E-state index contributed by atoms with van der Waals surface area (Å²) >= 11 is 6.13. The van der Waals surface area contributed by atoms with Crippen LogP contribution in [0.2, 0.25) is 5.02 Å². The molecule has 0 saturated carbocycles. The average Bonchev–Trinajstić information content (AvgIpc) is 2.57. The van der Waals surface area contributed by atoms with Crippen molar-refractivity contribution < 1.29 is 31.4 Å². The largest absolute Gasteiger partial charge is 0.457 e. The van der Waals surface area contributed by atoms with Gasteiger partial charge in [0.1, 0.15) is 34.6 Å². The van der Waals surface area contributed by atoms with Crippen LogP contribution in [0.3, 0.4) is 0 Å². The summed E-state index contributed by atoms with van der Waals surface area (Å²) in [4.78, 5) is 0. The molecule has 0 aromatic heterocycles. The highest BCUT2D eigenvalue weighted by Crippen LogP contribution is 2.37. The summed E-state index contributed by atoms with van der Waals surface area (Å²) in [6.07, 6.45) is -4.45. The summed E-state index contributed by atoms with van der Waals surface area (Å²) in [5, 5.41) is 0.105. The molecule has 8 heteroatoms. The van der Waals surface area contributed by atoms with E-state index >= 15 is 0 Å². The molecule has 3 aromatic carbocycles. The second-order valence-corrected chi connectivity index (χ2v) is 6.29. The van der Waals surface area contributed by atoms with Crippen molar-refractivity contribution in [1.82, 2.24) is 0 Å². The van der Waals surface area contributed by atoms with E-state index in [0.29, 0.717) is 6.07 Å². The van der Waals surface area contributed by atoms with Crippen molar-refractivity contribution in [3.05, 3.63) is 82.4 Å². The number of hydrogen-bond donors (Lipinski definition) is 0. The molecule has 0 atom stereocenters. The summed E-state index contributed by atoms with van der Waals surface area (Å²) < 4.78 is 75.6. The van der Waals surface area contributed by atoms with Crippen LogP contribution >= 0.6 is 11.6 Å². The molecule has 0 bridgehead atoms. The normalized spacial score (nSPS) is 11.4. The van der Waals surface area contributed by atoms with Gasteiger partial charge in [-0.1, -0.05) is 11.6 Å². The summed E-state index contributed by atoms with van der Waals surface area (Å²) in [6, 6.07) is 10.1. The topological polar surface area (TPSA) is 18.5 Å². The summed E-state index contributed by atoms with van der Waals surface area (Å²) in [7, 11) is 0. The fraction of sp³-hybridized carbons (Fsp3) is 0.100. The minimum absolute atomic E-state index is 0.0548. The number of aryl methyl sites for hydroxylation is 1. The van der Waals surface area contributed by atoms with Crippen LogP contribution in [0.1, 0.15) is 11.1 Å². The average molecular weight is 415 g/mol. The number of benzene rings is 3. The second kappa shape index (κ2) is 7.67. The van der Waals surface area contributed by atoms with E-state index in [-0.39, 0.29) is 33.6 Å². The van der Waals surface area contributed by atoms with Gasteiger partial charge in [0.25, 0.3) is 0 Å². The zero-order valence-electron chi connectivity index (χ0n) is 14.3. The van der Waals surface area contributed by atoms with E-state index in [1.165, 1.54) is 31.2 Å². The Morgan fingerprint density at radius 3 is 1.96 bits per heavy atom. The van der Waals surface area contributed by atoms with Crippen molar-refractivity contribution in [3.63, 3.8) is 0 Å². The Labute approximate surface area is 162 Å². The predicted octanol–water partition coefficient (Wildman–Crippen LogP) is 7.53. The third kappa shape index (κ3) is 4.72. The lowest BCUT2D eigenvalue weighted by Crippen LogP contribution is -2.05. The van der Waals surface area contributed by atoms with Gasteiger partial charge >= 0.3 is 6.18 Å². The maximum absolute atomic E-state index is 13.2. The highest BCUT2D eigenvalue weighted by molar-refractivity contribution is 6.32. The molecule has 0 saturated heterocycles. The Hall–Kier alpha value is -2.80. The molecular formula is C20H12ClF5O2. The Morgan fingerprint density at radius 2 is 1.39 bits per heavy atom. The van der Waals surface area contributed by atoms with E-state index in [9.17, 15) is 22.0 Å². The first kappa shape index (κ1) is 19.9. The minimum Gasteiger partial charge on any atom is -0.457 e. The molecular weight excluding hydrogens is 403 g/mol. The molecule has 28 heavy (non-hydrogen) atoms. The number of halogens is 6. The van der Waals surface area contributed by atoms with Crippen LogP contribution in [0.4, 0.5) is 22.0 Å². The van der Waals surface area contributed by atoms with Gasteiger partial charge in [0, 0.05) is 24.3 Å². The molecule has 0 heterocycles. The van der Waals surface area contributed by atoms with Crippen LogP contribution in [-0.2, 0) is 6.18 Å². The lowest BCUT2D eigenvalue weighted by Gasteiger charge is -2.14. The van der Waals surface area contributed by atoms with E-state index in [1.807, 2.05) is 0 Å². The monoisotopic (exact) mass is 414 g/mol.